The third-order valence-corrected chi connectivity index (χ3v) is 3.69. The Kier molecular flexibility index (Phi) is 6.24. The highest BCUT2D eigenvalue weighted by Crippen LogP contribution is 2.28. The molecule has 0 radical (unpaired) electrons. The lowest BCUT2D eigenvalue weighted by atomic mass is 10.1. The molecule has 0 bridgehead atoms. The summed E-state index contributed by atoms with van der Waals surface area (Å²) in [6.07, 6.45) is -1.65. The molecule has 1 aliphatic rings. The van der Waals surface area contributed by atoms with Crippen LogP contribution < -0.4 is 16.0 Å². The SMILES string of the molecule is C[C@@H](NC(=O)NCCNc1ccc(C(F)(F)F)cn1)[C@H]1CCCO1. The quantitative estimate of drug-likeness (QED) is 0.692. The van der Waals surface area contributed by atoms with Crippen LogP contribution >= 0.6 is 0 Å². The fourth-order valence-electron chi connectivity index (χ4n) is 2.38. The molecule has 1 fully saturated rings. The molecule has 1 aromatic heterocycles. The maximum atomic E-state index is 12.4. The van der Waals surface area contributed by atoms with Gasteiger partial charge in [-0.05, 0) is 31.9 Å². The zero-order valence-corrected chi connectivity index (χ0v) is 13.3. The van der Waals surface area contributed by atoms with Crippen molar-refractivity contribution in [1.29, 1.82) is 0 Å². The fourth-order valence-corrected chi connectivity index (χ4v) is 2.38. The lowest BCUT2D eigenvalue weighted by molar-refractivity contribution is -0.137. The first-order chi connectivity index (χ1) is 11.4. The van der Waals surface area contributed by atoms with E-state index in [-0.39, 0.29) is 18.2 Å². The Bertz CT molecular complexity index is 531. The second-order valence-electron chi connectivity index (χ2n) is 5.60. The highest BCUT2D eigenvalue weighted by molar-refractivity contribution is 5.74. The number of carbonyl (C=O) groups excluding carboxylic acids is 1. The Balaban J connectivity index is 1.64. The van der Waals surface area contributed by atoms with Crippen LogP contribution in [0.3, 0.4) is 0 Å². The lowest BCUT2D eigenvalue weighted by Crippen LogP contribution is -2.46. The van der Waals surface area contributed by atoms with E-state index in [4.69, 9.17) is 4.74 Å². The first-order valence-electron chi connectivity index (χ1n) is 7.79. The minimum Gasteiger partial charge on any atom is -0.376 e. The summed E-state index contributed by atoms with van der Waals surface area (Å²) in [5.41, 5.74) is -0.798. The predicted octanol–water partition coefficient (Wildman–Crippen LogP) is 2.38. The van der Waals surface area contributed by atoms with Gasteiger partial charge in [0.15, 0.2) is 0 Å². The van der Waals surface area contributed by atoms with E-state index in [9.17, 15) is 18.0 Å². The van der Waals surface area contributed by atoms with E-state index in [1.807, 2.05) is 6.92 Å². The van der Waals surface area contributed by atoms with Crippen LogP contribution in [0.25, 0.3) is 0 Å². The van der Waals surface area contributed by atoms with Gasteiger partial charge in [0.25, 0.3) is 0 Å². The summed E-state index contributed by atoms with van der Waals surface area (Å²) in [7, 11) is 0. The Morgan fingerprint density at radius 2 is 2.21 bits per heavy atom. The molecule has 0 aliphatic carbocycles. The number of pyridine rings is 1. The van der Waals surface area contributed by atoms with E-state index in [0.29, 0.717) is 18.9 Å². The van der Waals surface area contributed by atoms with Gasteiger partial charge >= 0.3 is 12.2 Å². The summed E-state index contributed by atoms with van der Waals surface area (Å²) in [6, 6.07) is 1.83. The van der Waals surface area contributed by atoms with Gasteiger partial charge in [0.1, 0.15) is 5.82 Å². The van der Waals surface area contributed by atoms with E-state index < -0.39 is 11.7 Å². The summed E-state index contributed by atoms with van der Waals surface area (Å²) in [6.45, 7) is 3.27. The molecule has 9 heteroatoms. The van der Waals surface area contributed by atoms with E-state index in [1.165, 1.54) is 6.07 Å². The van der Waals surface area contributed by atoms with Crippen molar-refractivity contribution in [1.82, 2.24) is 15.6 Å². The van der Waals surface area contributed by atoms with Crippen molar-refractivity contribution in [2.24, 2.45) is 0 Å². The molecule has 2 amide bonds. The molecule has 134 valence electrons. The second-order valence-corrected chi connectivity index (χ2v) is 5.60. The highest BCUT2D eigenvalue weighted by atomic mass is 19.4. The molecule has 0 aromatic carbocycles. The van der Waals surface area contributed by atoms with E-state index in [1.54, 1.807) is 0 Å². The number of alkyl halides is 3. The van der Waals surface area contributed by atoms with Crippen molar-refractivity contribution in [3.8, 4) is 0 Å². The summed E-state index contributed by atoms with van der Waals surface area (Å²) in [5.74, 6) is 0.318. The Hall–Kier alpha value is -2.03. The number of aromatic nitrogens is 1. The number of nitrogens with one attached hydrogen (secondary N) is 3. The maximum Gasteiger partial charge on any atom is 0.417 e. The summed E-state index contributed by atoms with van der Waals surface area (Å²) in [5, 5.41) is 8.31. The average molecular weight is 346 g/mol. The number of ether oxygens (including phenoxy) is 1. The van der Waals surface area contributed by atoms with Crippen molar-refractivity contribution < 1.29 is 22.7 Å². The van der Waals surface area contributed by atoms with Gasteiger partial charge in [0, 0.05) is 25.9 Å². The van der Waals surface area contributed by atoms with Crippen molar-refractivity contribution >= 4 is 11.8 Å². The summed E-state index contributed by atoms with van der Waals surface area (Å²) < 4.78 is 42.7. The molecule has 0 saturated carbocycles. The van der Waals surface area contributed by atoms with Gasteiger partial charge in [-0.15, -0.1) is 0 Å². The maximum absolute atomic E-state index is 12.4. The number of anilines is 1. The Morgan fingerprint density at radius 1 is 1.42 bits per heavy atom. The zero-order chi connectivity index (χ0) is 17.6. The van der Waals surface area contributed by atoms with Gasteiger partial charge < -0.3 is 20.7 Å². The van der Waals surface area contributed by atoms with Crippen LogP contribution in [0.1, 0.15) is 25.3 Å². The summed E-state index contributed by atoms with van der Waals surface area (Å²) >= 11 is 0. The molecular weight excluding hydrogens is 325 g/mol. The van der Waals surface area contributed by atoms with E-state index in [2.05, 4.69) is 20.9 Å². The van der Waals surface area contributed by atoms with Crippen LogP contribution in [0.15, 0.2) is 18.3 Å². The molecule has 3 N–H and O–H groups in total. The smallest absolute Gasteiger partial charge is 0.376 e. The number of halogens is 3. The topological polar surface area (TPSA) is 75.3 Å². The number of amides is 2. The van der Waals surface area contributed by atoms with Crippen LogP contribution in [0.5, 0.6) is 0 Å². The Morgan fingerprint density at radius 3 is 2.79 bits per heavy atom. The minimum atomic E-state index is -4.40. The molecule has 24 heavy (non-hydrogen) atoms. The number of urea groups is 1. The third kappa shape index (κ3) is 5.55. The normalized spacial score (nSPS) is 18.9. The van der Waals surface area contributed by atoms with Crippen LogP contribution in [0.2, 0.25) is 0 Å². The van der Waals surface area contributed by atoms with Gasteiger partial charge in [-0.25, -0.2) is 9.78 Å². The molecule has 1 aromatic rings. The molecule has 2 atom stereocenters. The van der Waals surface area contributed by atoms with Crippen molar-refractivity contribution in [3.05, 3.63) is 23.9 Å². The Labute approximate surface area is 138 Å². The van der Waals surface area contributed by atoms with Crippen LogP contribution in [0, 0.1) is 0 Å². The number of hydrogen-bond donors (Lipinski definition) is 3. The monoisotopic (exact) mass is 346 g/mol. The van der Waals surface area contributed by atoms with E-state index >= 15 is 0 Å². The number of carbonyl (C=O) groups is 1. The van der Waals surface area contributed by atoms with Crippen LogP contribution in [-0.2, 0) is 10.9 Å². The molecule has 0 unspecified atom stereocenters. The fraction of sp³-hybridized carbons (Fsp3) is 0.600. The van der Waals surface area contributed by atoms with Crippen LogP contribution in [0.4, 0.5) is 23.8 Å². The van der Waals surface area contributed by atoms with E-state index in [0.717, 1.165) is 31.7 Å². The first kappa shape index (κ1) is 18.3. The van der Waals surface area contributed by atoms with Gasteiger partial charge in [-0.2, -0.15) is 13.2 Å². The van der Waals surface area contributed by atoms with Crippen molar-refractivity contribution in [2.45, 2.75) is 38.1 Å². The number of rotatable bonds is 6. The largest absolute Gasteiger partial charge is 0.417 e. The second kappa shape index (κ2) is 8.18. The van der Waals surface area contributed by atoms with Gasteiger partial charge in [-0.1, -0.05) is 0 Å². The standard InChI is InChI=1S/C15H21F3N4O2/c1-10(12-3-2-8-24-12)22-14(23)20-7-6-19-13-5-4-11(9-21-13)15(16,17)18/h4-5,9-10,12H,2-3,6-8H2,1H3,(H,19,21)(H2,20,22,23)/t10-,12-/m1/s1. The van der Waals surface area contributed by atoms with Gasteiger partial charge in [0.2, 0.25) is 0 Å². The summed E-state index contributed by atoms with van der Waals surface area (Å²) in [4.78, 5) is 15.4. The van der Waals surface area contributed by atoms with Crippen molar-refractivity contribution in [2.75, 3.05) is 25.0 Å². The lowest BCUT2D eigenvalue weighted by Gasteiger charge is -2.20. The predicted molar refractivity (Wildman–Crippen MR) is 82.7 cm³/mol. The third-order valence-electron chi connectivity index (χ3n) is 3.69. The van der Waals surface area contributed by atoms with Gasteiger partial charge in [-0.3, -0.25) is 0 Å². The highest BCUT2D eigenvalue weighted by Gasteiger charge is 2.30. The minimum absolute atomic E-state index is 0.0465. The zero-order valence-electron chi connectivity index (χ0n) is 13.3. The molecule has 2 heterocycles. The van der Waals surface area contributed by atoms with Crippen molar-refractivity contribution in [3.63, 3.8) is 0 Å². The molecule has 1 saturated heterocycles. The van der Waals surface area contributed by atoms with Crippen LogP contribution in [-0.4, -0.2) is 42.9 Å². The molecule has 1 aliphatic heterocycles. The first-order valence-corrected chi connectivity index (χ1v) is 7.79. The molecular formula is C15H21F3N4O2. The molecule has 2 rings (SSSR count). The number of nitrogens with zero attached hydrogens (tertiary/aromatic N) is 1. The molecule has 6 nitrogen and oxygen atoms in total. The number of hydrogen-bond acceptors (Lipinski definition) is 4. The average Bonchev–Trinajstić information content (AvgIpc) is 3.05. The molecule has 0 spiro atoms. The van der Waals surface area contributed by atoms with Gasteiger partial charge in [0.05, 0.1) is 17.7 Å².